The number of urea groups is 1. The van der Waals surface area contributed by atoms with E-state index in [-0.39, 0.29) is 29.7 Å². The van der Waals surface area contributed by atoms with Crippen molar-refractivity contribution >= 4 is 29.2 Å². The average Bonchev–Trinajstić information content (AvgIpc) is 3.50. The second-order valence-electron chi connectivity index (χ2n) is 9.70. The van der Waals surface area contributed by atoms with Crippen LogP contribution in [0.2, 0.25) is 0 Å². The van der Waals surface area contributed by atoms with Crippen LogP contribution in [-0.2, 0) is 21.5 Å². The highest BCUT2D eigenvalue weighted by Gasteiger charge is 2.57. The van der Waals surface area contributed by atoms with Crippen molar-refractivity contribution in [1.82, 2.24) is 20.1 Å². The van der Waals surface area contributed by atoms with Gasteiger partial charge in [-0.15, -0.1) is 11.3 Å². The summed E-state index contributed by atoms with van der Waals surface area (Å²) in [5.41, 5.74) is -0.398. The first-order chi connectivity index (χ1) is 16.6. The van der Waals surface area contributed by atoms with Crippen LogP contribution in [0.15, 0.2) is 42.0 Å². The summed E-state index contributed by atoms with van der Waals surface area (Å²) in [5, 5.41) is 5.09. The van der Waals surface area contributed by atoms with E-state index in [9.17, 15) is 14.4 Å². The molecule has 0 unspecified atom stereocenters. The number of likely N-dealkylation sites (tertiary alicyclic amines) is 1. The number of carbonyl (C=O) groups excluding carboxylic acids is 3. The maximum absolute atomic E-state index is 13.9. The summed E-state index contributed by atoms with van der Waals surface area (Å²) in [6, 6.07) is 7.36. The molecule has 3 fully saturated rings. The summed E-state index contributed by atoms with van der Waals surface area (Å²) in [6.45, 7) is 1.60. The van der Waals surface area contributed by atoms with E-state index >= 15 is 0 Å². The fourth-order valence-electron chi connectivity index (χ4n) is 5.92. The number of thiophene rings is 1. The van der Waals surface area contributed by atoms with Gasteiger partial charge < -0.3 is 10.2 Å². The zero-order valence-electron chi connectivity index (χ0n) is 19.4. The third-order valence-corrected chi connectivity index (χ3v) is 8.72. The van der Waals surface area contributed by atoms with E-state index in [1.54, 1.807) is 23.7 Å². The molecule has 0 radical (unpaired) electrons. The molecule has 180 valence electrons. The molecule has 7 nitrogen and oxygen atoms in total. The van der Waals surface area contributed by atoms with E-state index in [4.69, 9.17) is 0 Å². The molecule has 0 spiro atoms. The Kier molecular flexibility index (Phi) is 6.68. The van der Waals surface area contributed by atoms with Gasteiger partial charge in [-0.25, -0.2) is 4.79 Å². The predicted molar refractivity (Wildman–Crippen MR) is 130 cm³/mol. The summed E-state index contributed by atoms with van der Waals surface area (Å²) in [4.78, 5) is 48.8. The molecule has 5 rings (SSSR count). The summed E-state index contributed by atoms with van der Waals surface area (Å²) in [5.74, 6) is 0.139. The molecule has 2 saturated heterocycles. The van der Waals surface area contributed by atoms with E-state index in [2.05, 4.69) is 10.3 Å². The molecule has 1 aliphatic carbocycles. The van der Waals surface area contributed by atoms with Gasteiger partial charge in [0.05, 0.1) is 0 Å². The molecule has 0 bridgehead atoms. The zero-order valence-corrected chi connectivity index (χ0v) is 20.3. The SMILES string of the molecule is O=C(C1CCCCC1)N1CCC([C@]2(c3cccnc3)NC(=O)N(CCc3cccs3)C2=O)CC1. The number of piperidine rings is 1. The lowest BCUT2D eigenvalue weighted by Crippen LogP contribution is -2.54. The topological polar surface area (TPSA) is 82.6 Å². The van der Waals surface area contributed by atoms with Crippen LogP contribution in [0.1, 0.15) is 55.4 Å². The first-order valence-electron chi connectivity index (χ1n) is 12.5. The number of rotatable bonds is 6. The maximum Gasteiger partial charge on any atom is 0.325 e. The monoisotopic (exact) mass is 480 g/mol. The Balaban J connectivity index is 1.34. The largest absolute Gasteiger partial charge is 0.342 e. The van der Waals surface area contributed by atoms with Crippen molar-refractivity contribution in [2.45, 2.75) is 56.9 Å². The molecule has 1 saturated carbocycles. The molecular formula is C26H32N4O3S. The fraction of sp³-hybridized carbons (Fsp3) is 0.538. The minimum Gasteiger partial charge on any atom is -0.342 e. The van der Waals surface area contributed by atoms with Crippen LogP contribution >= 0.6 is 11.3 Å². The van der Waals surface area contributed by atoms with Crippen LogP contribution in [0.4, 0.5) is 4.79 Å². The van der Waals surface area contributed by atoms with Crippen molar-refractivity contribution in [1.29, 1.82) is 0 Å². The van der Waals surface area contributed by atoms with Crippen LogP contribution in [0, 0.1) is 11.8 Å². The molecule has 4 amide bonds. The summed E-state index contributed by atoms with van der Waals surface area (Å²) in [7, 11) is 0. The maximum atomic E-state index is 13.9. The first kappa shape index (κ1) is 23.0. The molecule has 3 aliphatic rings. The van der Waals surface area contributed by atoms with Crippen molar-refractivity contribution in [3.8, 4) is 0 Å². The third-order valence-electron chi connectivity index (χ3n) is 7.78. The van der Waals surface area contributed by atoms with Gasteiger partial charge in [0.25, 0.3) is 5.91 Å². The smallest absolute Gasteiger partial charge is 0.325 e. The molecule has 34 heavy (non-hydrogen) atoms. The zero-order chi connectivity index (χ0) is 23.5. The minimum absolute atomic E-state index is 0.0877. The number of aromatic nitrogens is 1. The van der Waals surface area contributed by atoms with Gasteiger partial charge in [0.2, 0.25) is 5.91 Å². The highest BCUT2D eigenvalue weighted by atomic mass is 32.1. The highest BCUT2D eigenvalue weighted by Crippen LogP contribution is 2.41. The number of nitrogens with zero attached hydrogens (tertiary/aromatic N) is 3. The lowest BCUT2D eigenvalue weighted by atomic mass is 9.73. The lowest BCUT2D eigenvalue weighted by Gasteiger charge is -2.42. The van der Waals surface area contributed by atoms with E-state index < -0.39 is 5.54 Å². The van der Waals surface area contributed by atoms with Crippen LogP contribution in [0.25, 0.3) is 0 Å². The Morgan fingerprint density at radius 1 is 1.09 bits per heavy atom. The molecule has 2 aromatic heterocycles. The van der Waals surface area contributed by atoms with E-state index in [0.29, 0.717) is 38.9 Å². The number of hydrogen-bond donors (Lipinski definition) is 1. The first-order valence-corrected chi connectivity index (χ1v) is 13.3. The molecule has 8 heteroatoms. The summed E-state index contributed by atoms with van der Waals surface area (Å²) < 4.78 is 0. The van der Waals surface area contributed by atoms with Crippen LogP contribution in [-0.4, -0.2) is 52.3 Å². The van der Waals surface area contributed by atoms with Crippen LogP contribution < -0.4 is 5.32 Å². The lowest BCUT2D eigenvalue weighted by molar-refractivity contribution is -0.139. The van der Waals surface area contributed by atoms with Crippen molar-refractivity contribution in [3.63, 3.8) is 0 Å². The van der Waals surface area contributed by atoms with Crippen molar-refractivity contribution in [2.24, 2.45) is 11.8 Å². The van der Waals surface area contributed by atoms with Crippen molar-refractivity contribution in [2.75, 3.05) is 19.6 Å². The molecular weight excluding hydrogens is 448 g/mol. The molecule has 0 aromatic carbocycles. The Morgan fingerprint density at radius 2 is 1.88 bits per heavy atom. The number of nitrogens with one attached hydrogen (secondary N) is 1. The Hall–Kier alpha value is -2.74. The van der Waals surface area contributed by atoms with Gasteiger partial charge in [-0.05, 0) is 55.5 Å². The van der Waals surface area contributed by atoms with E-state index in [1.165, 1.54) is 11.3 Å². The molecule has 1 N–H and O–H groups in total. The van der Waals surface area contributed by atoms with E-state index in [1.807, 2.05) is 34.5 Å². The van der Waals surface area contributed by atoms with Crippen LogP contribution in [0.3, 0.4) is 0 Å². The van der Waals surface area contributed by atoms with Gasteiger partial charge in [0, 0.05) is 48.4 Å². The number of hydrogen-bond acceptors (Lipinski definition) is 5. The Morgan fingerprint density at radius 3 is 2.56 bits per heavy atom. The van der Waals surface area contributed by atoms with Crippen LogP contribution in [0.5, 0.6) is 0 Å². The predicted octanol–water partition coefficient (Wildman–Crippen LogP) is 3.95. The van der Waals surface area contributed by atoms with Crippen molar-refractivity contribution < 1.29 is 14.4 Å². The summed E-state index contributed by atoms with van der Waals surface area (Å²) in [6.07, 6.45) is 10.9. The van der Waals surface area contributed by atoms with Gasteiger partial charge >= 0.3 is 6.03 Å². The van der Waals surface area contributed by atoms with Gasteiger partial charge in [-0.3, -0.25) is 19.5 Å². The molecule has 2 aliphatic heterocycles. The standard InChI is InChI=1S/C26H32N4O3S/c31-23(19-6-2-1-3-7-19)29-14-10-20(11-15-29)26(21-8-4-13-27-18-21)24(32)30(25(33)28-26)16-12-22-9-5-17-34-22/h4-5,8-9,13,17-20H,1-3,6-7,10-12,14-16H2,(H,28,33)/t26-/m1/s1. The second kappa shape index (κ2) is 9.86. The van der Waals surface area contributed by atoms with Gasteiger partial charge in [-0.2, -0.15) is 0 Å². The van der Waals surface area contributed by atoms with E-state index in [0.717, 1.165) is 36.1 Å². The quantitative estimate of drug-likeness (QED) is 0.635. The molecule has 1 atom stereocenters. The molecule has 2 aromatic rings. The minimum atomic E-state index is -1.12. The molecule has 4 heterocycles. The normalized spacial score (nSPS) is 24.5. The van der Waals surface area contributed by atoms with Crippen molar-refractivity contribution in [3.05, 3.63) is 52.5 Å². The number of imide groups is 1. The fourth-order valence-corrected chi connectivity index (χ4v) is 6.62. The average molecular weight is 481 g/mol. The highest BCUT2D eigenvalue weighted by molar-refractivity contribution is 7.09. The number of amides is 4. The number of pyridine rings is 1. The van der Waals surface area contributed by atoms with Gasteiger partial charge in [0.1, 0.15) is 0 Å². The second-order valence-corrected chi connectivity index (χ2v) is 10.7. The van der Waals surface area contributed by atoms with Gasteiger partial charge in [0.15, 0.2) is 5.54 Å². The number of carbonyl (C=O) groups is 3. The Labute approximate surface area is 204 Å². The van der Waals surface area contributed by atoms with Gasteiger partial charge in [-0.1, -0.05) is 31.4 Å². The summed E-state index contributed by atoms with van der Waals surface area (Å²) >= 11 is 1.63. The Bertz CT molecular complexity index is 1010. The third kappa shape index (κ3) is 4.24.